The SMILES string of the molecule is Nc1c(N)c(P)c(OCc2ccccc2)c(Oc2ccccc2)c1N. The van der Waals surface area contributed by atoms with Crippen LogP contribution in [0.3, 0.4) is 0 Å². The zero-order valence-electron chi connectivity index (χ0n) is 13.6. The summed E-state index contributed by atoms with van der Waals surface area (Å²) < 4.78 is 11.9. The molecule has 3 aromatic rings. The number of hydrogen-bond acceptors (Lipinski definition) is 5. The van der Waals surface area contributed by atoms with Crippen LogP contribution in [-0.4, -0.2) is 0 Å². The molecule has 1 unspecified atom stereocenters. The number of ether oxygens (including phenoxy) is 2. The molecule has 6 N–H and O–H groups in total. The summed E-state index contributed by atoms with van der Waals surface area (Å²) >= 11 is 0. The summed E-state index contributed by atoms with van der Waals surface area (Å²) in [4.78, 5) is 0. The van der Waals surface area contributed by atoms with Crippen molar-refractivity contribution in [2.75, 3.05) is 17.2 Å². The molecule has 0 radical (unpaired) electrons. The van der Waals surface area contributed by atoms with Gasteiger partial charge in [0.15, 0.2) is 11.5 Å². The summed E-state index contributed by atoms with van der Waals surface area (Å²) in [6.45, 7) is 0.357. The molecule has 25 heavy (non-hydrogen) atoms. The van der Waals surface area contributed by atoms with Gasteiger partial charge in [-0.05, 0) is 17.7 Å². The highest BCUT2D eigenvalue weighted by Crippen LogP contribution is 2.43. The van der Waals surface area contributed by atoms with E-state index in [1.807, 2.05) is 60.7 Å². The van der Waals surface area contributed by atoms with Crippen LogP contribution >= 0.6 is 9.24 Å². The topological polar surface area (TPSA) is 96.5 Å². The Morgan fingerprint density at radius 3 is 1.96 bits per heavy atom. The Hall–Kier alpha value is -2.91. The minimum atomic E-state index is 0.260. The lowest BCUT2D eigenvalue weighted by Crippen LogP contribution is -2.14. The van der Waals surface area contributed by atoms with Crippen molar-refractivity contribution in [2.24, 2.45) is 0 Å². The smallest absolute Gasteiger partial charge is 0.195 e. The normalized spacial score (nSPS) is 10.4. The van der Waals surface area contributed by atoms with Crippen molar-refractivity contribution in [3.05, 3.63) is 66.2 Å². The number of rotatable bonds is 5. The fourth-order valence-electron chi connectivity index (χ4n) is 2.36. The second-order valence-electron chi connectivity index (χ2n) is 5.50. The van der Waals surface area contributed by atoms with Gasteiger partial charge in [-0.25, -0.2) is 0 Å². The number of anilines is 3. The Kier molecular flexibility index (Phi) is 4.96. The number of benzene rings is 3. The highest BCUT2D eigenvalue weighted by atomic mass is 31.0. The zero-order valence-corrected chi connectivity index (χ0v) is 14.8. The van der Waals surface area contributed by atoms with E-state index in [1.54, 1.807) is 0 Å². The van der Waals surface area contributed by atoms with E-state index >= 15 is 0 Å². The first-order chi connectivity index (χ1) is 12.1. The van der Waals surface area contributed by atoms with Gasteiger partial charge in [-0.15, -0.1) is 0 Å². The Morgan fingerprint density at radius 2 is 1.32 bits per heavy atom. The van der Waals surface area contributed by atoms with Gasteiger partial charge in [-0.3, -0.25) is 0 Å². The van der Waals surface area contributed by atoms with Crippen LogP contribution < -0.4 is 32.0 Å². The molecular weight excluding hydrogens is 333 g/mol. The summed E-state index contributed by atoms with van der Waals surface area (Å²) in [5.74, 6) is 1.45. The molecule has 0 aliphatic heterocycles. The van der Waals surface area contributed by atoms with Crippen LogP contribution in [-0.2, 0) is 6.61 Å². The van der Waals surface area contributed by atoms with Crippen molar-refractivity contribution in [2.45, 2.75) is 6.61 Å². The molecule has 0 aromatic heterocycles. The first kappa shape index (κ1) is 16.9. The standard InChI is InChI=1S/C19H20N3O2P/c20-14-15(21)17(24-13-9-5-2-6-10-13)18(19(25)16(14)22)23-11-12-7-3-1-4-8-12/h1-10H,11,20-22,25H2. The lowest BCUT2D eigenvalue weighted by Gasteiger charge is -2.20. The van der Waals surface area contributed by atoms with Crippen molar-refractivity contribution >= 4 is 31.6 Å². The van der Waals surface area contributed by atoms with Gasteiger partial charge in [0.05, 0.1) is 11.4 Å². The molecule has 0 saturated carbocycles. The molecular formula is C19H20N3O2P. The maximum atomic E-state index is 6.15. The highest BCUT2D eigenvalue weighted by Gasteiger charge is 2.21. The minimum absolute atomic E-state index is 0.260. The third-order valence-electron chi connectivity index (χ3n) is 3.76. The minimum Gasteiger partial charge on any atom is -0.484 e. The van der Waals surface area contributed by atoms with E-state index in [0.717, 1.165) is 5.56 Å². The average molecular weight is 353 g/mol. The molecule has 0 saturated heterocycles. The zero-order chi connectivity index (χ0) is 17.8. The first-order valence-electron chi connectivity index (χ1n) is 7.73. The van der Waals surface area contributed by atoms with Gasteiger partial charge < -0.3 is 26.7 Å². The maximum Gasteiger partial charge on any atom is 0.195 e. The number of nitrogen functional groups attached to an aromatic ring is 3. The largest absolute Gasteiger partial charge is 0.484 e. The van der Waals surface area contributed by atoms with Crippen LogP contribution in [0, 0.1) is 0 Å². The Bertz CT molecular complexity index is 871. The van der Waals surface area contributed by atoms with Crippen LogP contribution in [0.5, 0.6) is 17.2 Å². The van der Waals surface area contributed by atoms with E-state index in [4.69, 9.17) is 26.7 Å². The first-order valence-corrected chi connectivity index (χ1v) is 8.31. The lowest BCUT2D eigenvalue weighted by molar-refractivity contribution is 0.295. The van der Waals surface area contributed by atoms with Crippen LogP contribution in [0.2, 0.25) is 0 Å². The van der Waals surface area contributed by atoms with Gasteiger partial charge in [0.1, 0.15) is 18.0 Å². The van der Waals surface area contributed by atoms with Gasteiger partial charge in [0, 0.05) is 5.30 Å². The monoisotopic (exact) mass is 353 g/mol. The maximum absolute atomic E-state index is 6.15. The summed E-state index contributed by atoms with van der Waals surface area (Å²) in [6.07, 6.45) is 0. The molecule has 0 heterocycles. The van der Waals surface area contributed by atoms with Crippen LogP contribution in [0.4, 0.5) is 17.1 Å². The van der Waals surface area contributed by atoms with E-state index in [0.29, 0.717) is 34.8 Å². The predicted molar refractivity (Wildman–Crippen MR) is 106 cm³/mol. The van der Waals surface area contributed by atoms with Gasteiger partial charge in [0.25, 0.3) is 0 Å². The van der Waals surface area contributed by atoms with Crippen LogP contribution in [0.15, 0.2) is 60.7 Å². The lowest BCUT2D eigenvalue weighted by atomic mass is 10.2. The van der Waals surface area contributed by atoms with E-state index < -0.39 is 0 Å². The van der Waals surface area contributed by atoms with Crippen molar-refractivity contribution in [1.82, 2.24) is 0 Å². The second-order valence-corrected chi connectivity index (χ2v) is 6.08. The summed E-state index contributed by atoms with van der Waals surface area (Å²) in [7, 11) is 2.55. The molecule has 128 valence electrons. The van der Waals surface area contributed by atoms with Crippen molar-refractivity contribution < 1.29 is 9.47 Å². The third kappa shape index (κ3) is 3.62. The molecule has 0 bridgehead atoms. The van der Waals surface area contributed by atoms with E-state index in [2.05, 4.69) is 9.24 Å². The third-order valence-corrected chi connectivity index (χ3v) is 4.33. The fourth-order valence-corrected chi connectivity index (χ4v) is 2.73. The number of nitrogens with two attached hydrogens (primary N) is 3. The molecule has 3 aromatic carbocycles. The fraction of sp³-hybridized carbons (Fsp3) is 0.0526. The molecule has 0 amide bonds. The Labute approximate surface area is 148 Å². The molecule has 0 aliphatic carbocycles. The highest BCUT2D eigenvalue weighted by molar-refractivity contribution is 7.28. The molecule has 5 nitrogen and oxygen atoms in total. The summed E-state index contributed by atoms with van der Waals surface area (Å²) in [6, 6.07) is 19.1. The van der Waals surface area contributed by atoms with Gasteiger partial charge in [-0.1, -0.05) is 57.8 Å². The summed E-state index contributed by atoms with van der Waals surface area (Å²) in [5.41, 5.74) is 20.1. The average Bonchev–Trinajstić information content (AvgIpc) is 2.66. The van der Waals surface area contributed by atoms with Crippen molar-refractivity contribution in [1.29, 1.82) is 0 Å². The molecule has 3 rings (SSSR count). The molecule has 6 heteroatoms. The van der Waals surface area contributed by atoms with Crippen LogP contribution in [0.25, 0.3) is 0 Å². The molecule has 0 spiro atoms. The molecule has 1 atom stereocenters. The van der Waals surface area contributed by atoms with Gasteiger partial charge >= 0.3 is 0 Å². The number of para-hydroxylation sites is 1. The van der Waals surface area contributed by atoms with Gasteiger partial charge in [0.2, 0.25) is 0 Å². The van der Waals surface area contributed by atoms with E-state index in [1.165, 1.54) is 0 Å². The quantitative estimate of drug-likeness (QED) is 0.483. The Morgan fingerprint density at radius 1 is 0.720 bits per heavy atom. The Balaban J connectivity index is 1.99. The number of hydrogen-bond donors (Lipinski definition) is 3. The van der Waals surface area contributed by atoms with Crippen molar-refractivity contribution in [3.8, 4) is 17.2 Å². The van der Waals surface area contributed by atoms with Gasteiger partial charge in [-0.2, -0.15) is 0 Å². The van der Waals surface area contributed by atoms with Crippen molar-refractivity contribution in [3.63, 3.8) is 0 Å². The van der Waals surface area contributed by atoms with Crippen LogP contribution in [0.1, 0.15) is 5.56 Å². The second kappa shape index (κ2) is 7.32. The van der Waals surface area contributed by atoms with E-state index in [9.17, 15) is 0 Å². The predicted octanol–water partition coefficient (Wildman–Crippen LogP) is 3.30. The van der Waals surface area contributed by atoms with E-state index in [-0.39, 0.29) is 11.4 Å². The molecule has 0 fully saturated rings. The molecule has 0 aliphatic rings. The summed E-state index contributed by atoms with van der Waals surface area (Å²) in [5, 5.41) is 0.619.